The van der Waals surface area contributed by atoms with Crippen molar-refractivity contribution in [2.45, 2.75) is 12.8 Å². The van der Waals surface area contributed by atoms with Crippen LogP contribution in [0.25, 0.3) is 0 Å². The highest BCUT2D eigenvalue weighted by molar-refractivity contribution is 5.17. The third kappa shape index (κ3) is 4.16. The normalized spacial score (nSPS) is 16.5. The molecule has 0 aromatic carbocycles. The predicted molar refractivity (Wildman–Crippen MR) is 56.0 cm³/mol. The van der Waals surface area contributed by atoms with Crippen LogP contribution >= 0.6 is 0 Å². The molecule has 0 aliphatic heterocycles. The Labute approximate surface area is 79.4 Å². The molecule has 1 aliphatic carbocycles. The minimum absolute atomic E-state index is 0.925. The van der Waals surface area contributed by atoms with E-state index in [0.29, 0.717) is 0 Å². The molecule has 0 aromatic heterocycles. The summed E-state index contributed by atoms with van der Waals surface area (Å²) in [6.07, 6.45) is 17.3. The fourth-order valence-corrected chi connectivity index (χ4v) is 0.983. The van der Waals surface area contributed by atoms with E-state index >= 15 is 0 Å². The monoisotopic (exact) mass is 174 g/mol. The number of hydrogen-bond donors (Lipinski definition) is 0. The Kier molecular flexibility index (Phi) is 4.47. The fraction of sp³-hybridized carbons (Fsp3) is 0.167. The molecule has 0 amide bonds. The second kappa shape index (κ2) is 6.06. The van der Waals surface area contributed by atoms with Gasteiger partial charge in [-0.25, -0.2) is 0 Å². The van der Waals surface area contributed by atoms with Gasteiger partial charge >= 0.3 is 0 Å². The highest BCUT2D eigenvalue weighted by Gasteiger charge is 1.93. The summed E-state index contributed by atoms with van der Waals surface area (Å²) < 4.78 is 5.34. The molecule has 0 saturated heterocycles. The SMILES string of the molecule is C=C/C=C\C=C\OC1=CCCC=C1. The van der Waals surface area contributed by atoms with E-state index in [-0.39, 0.29) is 0 Å². The van der Waals surface area contributed by atoms with Crippen molar-refractivity contribution in [2.24, 2.45) is 0 Å². The Balaban J connectivity index is 2.29. The van der Waals surface area contributed by atoms with Gasteiger partial charge in [0, 0.05) is 0 Å². The summed E-state index contributed by atoms with van der Waals surface area (Å²) in [7, 11) is 0. The topological polar surface area (TPSA) is 9.23 Å². The molecule has 68 valence electrons. The summed E-state index contributed by atoms with van der Waals surface area (Å²) in [5.74, 6) is 0.925. The first-order valence-corrected chi connectivity index (χ1v) is 4.41. The Bertz CT molecular complexity index is 267. The Morgan fingerprint density at radius 1 is 1.23 bits per heavy atom. The molecule has 0 aromatic rings. The lowest BCUT2D eigenvalue weighted by atomic mass is 10.2. The Morgan fingerprint density at radius 3 is 2.85 bits per heavy atom. The predicted octanol–water partition coefficient (Wildman–Crippen LogP) is 3.49. The summed E-state index contributed by atoms with van der Waals surface area (Å²) in [6.45, 7) is 3.56. The smallest absolute Gasteiger partial charge is 0.122 e. The minimum Gasteiger partial charge on any atom is -0.465 e. The van der Waals surface area contributed by atoms with Crippen molar-refractivity contribution >= 4 is 0 Å². The van der Waals surface area contributed by atoms with E-state index in [9.17, 15) is 0 Å². The largest absolute Gasteiger partial charge is 0.465 e. The zero-order valence-electron chi connectivity index (χ0n) is 7.65. The van der Waals surface area contributed by atoms with Gasteiger partial charge in [0.2, 0.25) is 0 Å². The van der Waals surface area contributed by atoms with Crippen LogP contribution in [0, 0.1) is 0 Å². The van der Waals surface area contributed by atoms with Gasteiger partial charge in [-0.2, -0.15) is 0 Å². The van der Waals surface area contributed by atoms with Gasteiger partial charge in [0.1, 0.15) is 5.76 Å². The van der Waals surface area contributed by atoms with E-state index in [1.165, 1.54) is 0 Å². The standard InChI is InChI=1S/C12H14O/c1-2-3-4-8-11-13-12-9-6-5-7-10-12/h2-4,6,8-11H,1,5,7H2/b4-3-,11-8+. The number of allylic oxidation sites excluding steroid dienone is 7. The summed E-state index contributed by atoms with van der Waals surface area (Å²) in [4.78, 5) is 0. The molecular formula is C12H14O. The Hall–Kier alpha value is -1.50. The van der Waals surface area contributed by atoms with E-state index in [2.05, 4.69) is 18.7 Å². The third-order valence-electron chi connectivity index (χ3n) is 1.60. The van der Waals surface area contributed by atoms with Crippen LogP contribution in [-0.4, -0.2) is 0 Å². The lowest BCUT2D eigenvalue weighted by Gasteiger charge is -2.03. The number of ether oxygens (including phenoxy) is 1. The molecule has 1 nitrogen and oxygen atoms in total. The lowest BCUT2D eigenvalue weighted by Crippen LogP contribution is -1.85. The van der Waals surface area contributed by atoms with E-state index in [1.54, 1.807) is 12.3 Å². The molecule has 0 heterocycles. The second-order valence-electron chi connectivity index (χ2n) is 2.65. The third-order valence-corrected chi connectivity index (χ3v) is 1.60. The van der Waals surface area contributed by atoms with Crippen LogP contribution in [0.4, 0.5) is 0 Å². The molecule has 1 heteroatoms. The first kappa shape index (κ1) is 9.59. The van der Waals surface area contributed by atoms with Gasteiger partial charge in [-0.05, 0) is 31.1 Å². The van der Waals surface area contributed by atoms with Gasteiger partial charge in [-0.3, -0.25) is 0 Å². The lowest BCUT2D eigenvalue weighted by molar-refractivity contribution is 0.364. The number of hydrogen-bond acceptors (Lipinski definition) is 1. The summed E-state index contributed by atoms with van der Waals surface area (Å²) in [5.41, 5.74) is 0. The van der Waals surface area contributed by atoms with Crippen molar-refractivity contribution in [3.05, 3.63) is 61.1 Å². The zero-order valence-corrected chi connectivity index (χ0v) is 7.65. The summed E-state index contributed by atoms with van der Waals surface area (Å²) >= 11 is 0. The van der Waals surface area contributed by atoms with E-state index < -0.39 is 0 Å². The molecule has 0 atom stereocenters. The van der Waals surface area contributed by atoms with E-state index in [4.69, 9.17) is 4.74 Å². The van der Waals surface area contributed by atoms with E-state index in [1.807, 2.05) is 24.3 Å². The second-order valence-corrected chi connectivity index (χ2v) is 2.65. The van der Waals surface area contributed by atoms with Crippen molar-refractivity contribution in [3.8, 4) is 0 Å². The van der Waals surface area contributed by atoms with Gasteiger partial charge in [0.25, 0.3) is 0 Å². The van der Waals surface area contributed by atoms with Crippen LogP contribution in [0.5, 0.6) is 0 Å². The fourth-order valence-electron chi connectivity index (χ4n) is 0.983. The molecular weight excluding hydrogens is 160 g/mol. The van der Waals surface area contributed by atoms with Crippen molar-refractivity contribution in [2.75, 3.05) is 0 Å². The maximum Gasteiger partial charge on any atom is 0.122 e. The maximum absolute atomic E-state index is 5.34. The number of rotatable bonds is 4. The first-order chi connectivity index (χ1) is 6.43. The average Bonchev–Trinajstić information content (AvgIpc) is 2.19. The molecule has 1 rings (SSSR count). The molecule has 1 aliphatic rings. The average molecular weight is 174 g/mol. The van der Waals surface area contributed by atoms with Crippen molar-refractivity contribution < 1.29 is 4.74 Å². The van der Waals surface area contributed by atoms with Crippen LogP contribution < -0.4 is 0 Å². The van der Waals surface area contributed by atoms with Gasteiger partial charge in [0.15, 0.2) is 0 Å². The van der Waals surface area contributed by atoms with Crippen LogP contribution in [-0.2, 0) is 4.74 Å². The van der Waals surface area contributed by atoms with Crippen molar-refractivity contribution in [3.63, 3.8) is 0 Å². The molecule has 0 fully saturated rings. The van der Waals surface area contributed by atoms with Crippen molar-refractivity contribution in [1.29, 1.82) is 0 Å². The van der Waals surface area contributed by atoms with Crippen LogP contribution in [0.1, 0.15) is 12.8 Å². The van der Waals surface area contributed by atoms with Crippen LogP contribution in [0.2, 0.25) is 0 Å². The van der Waals surface area contributed by atoms with Crippen LogP contribution in [0.15, 0.2) is 61.1 Å². The molecule has 13 heavy (non-hydrogen) atoms. The van der Waals surface area contributed by atoms with Gasteiger partial charge in [-0.15, -0.1) is 0 Å². The summed E-state index contributed by atoms with van der Waals surface area (Å²) in [5, 5.41) is 0. The summed E-state index contributed by atoms with van der Waals surface area (Å²) in [6, 6.07) is 0. The molecule has 0 bridgehead atoms. The molecule has 0 spiro atoms. The highest BCUT2D eigenvalue weighted by atomic mass is 16.5. The Morgan fingerprint density at radius 2 is 2.15 bits per heavy atom. The van der Waals surface area contributed by atoms with Gasteiger partial charge < -0.3 is 4.74 Å². The molecule has 0 N–H and O–H groups in total. The highest BCUT2D eigenvalue weighted by Crippen LogP contribution is 2.10. The van der Waals surface area contributed by atoms with Crippen molar-refractivity contribution in [1.82, 2.24) is 0 Å². The zero-order chi connectivity index (χ0) is 9.36. The van der Waals surface area contributed by atoms with Gasteiger partial charge in [-0.1, -0.05) is 30.9 Å². The molecule has 0 unspecified atom stereocenters. The van der Waals surface area contributed by atoms with Crippen LogP contribution in [0.3, 0.4) is 0 Å². The quantitative estimate of drug-likeness (QED) is 0.468. The first-order valence-electron chi connectivity index (χ1n) is 4.41. The molecule has 0 saturated carbocycles. The minimum atomic E-state index is 0.925. The maximum atomic E-state index is 5.34. The van der Waals surface area contributed by atoms with Gasteiger partial charge in [0.05, 0.1) is 6.26 Å². The molecule has 0 radical (unpaired) electrons. The van der Waals surface area contributed by atoms with E-state index in [0.717, 1.165) is 18.6 Å².